The van der Waals surface area contributed by atoms with E-state index in [0.717, 1.165) is 28.3 Å². The van der Waals surface area contributed by atoms with Gasteiger partial charge in [0.15, 0.2) is 0 Å². The molecule has 1 aromatic heterocycles. The Morgan fingerprint density at radius 1 is 1.25 bits per heavy atom. The van der Waals surface area contributed by atoms with Gasteiger partial charge in [-0.05, 0) is 35.7 Å². The van der Waals surface area contributed by atoms with Crippen LogP contribution < -0.4 is 10.1 Å². The van der Waals surface area contributed by atoms with Gasteiger partial charge in [0.25, 0.3) is 0 Å². The van der Waals surface area contributed by atoms with Crippen LogP contribution in [-0.4, -0.2) is 34.6 Å². The van der Waals surface area contributed by atoms with E-state index in [0.29, 0.717) is 6.54 Å². The number of nitrogens with zero attached hydrogens (tertiary/aromatic N) is 3. The lowest BCUT2D eigenvalue weighted by Crippen LogP contribution is -2.40. The molecule has 2 amide bonds. The lowest BCUT2D eigenvalue weighted by atomic mass is 10.1. The van der Waals surface area contributed by atoms with Crippen LogP contribution in [0.3, 0.4) is 0 Å². The maximum atomic E-state index is 12.9. The van der Waals surface area contributed by atoms with Crippen molar-refractivity contribution < 1.29 is 9.53 Å². The number of carbonyl (C=O) groups is 1. The van der Waals surface area contributed by atoms with Gasteiger partial charge in [-0.2, -0.15) is 0 Å². The smallest absolute Gasteiger partial charge is 0.318 e. The Morgan fingerprint density at radius 3 is 2.71 bits per heavy atom. The molecule has 146 valence electrons. The van der Waals surface area contributed by atoms with Crippen molar-refractivity contribution in [3.8, 4) is 5.75 Å². The van der Waals surface area contributed by atoms with Gasteiger partial charge in [-0.15, -0.1) is 0 Å². The van der Waals surface area contributed by atoms with E-state index >= 15 is 0 Å². The molecular formula is C22H26N4O2. The van der Waals surface area contributed by atoms with Crippen molar-refractivity contribution in [1.29, 1.82) is 0 Å². The monoisotopic (exact) mass is 378 g/mol. The molecule has 0 bridgehead atoms. The number of rotatable bonds is 6. The fourth-order valence-corrected chi connectivity index (χ4v) is 3.12. The van der Waals surface area contributed by atoms with Crippen LogP contribution in [0.25, 0.3) is 0 Å². The predicted molar refractivity (Wildman–Crippen MR) is 109 cm³/mol. The average molecular weight is 378 g/mol. The first-order valence-electron chi connectivity index (χ1n) is 9.17. The van der Waals surface area contributed by atoms with E-state index in [9.17, 15) is 4.79 Å². The number of nitrogens with one attached hydrogen (secondary N) is 1. The van der Waals surface area contributed by atoms with Gasteiger partial charge in [-0.3, -0.25) is 0 Å². The molecule has 3 rings (SSSR count). The number of amides is 2. The largest absolute Gasteiger partial charge is 0.497 e. The average Bonchev–Trinajstić information content (AvgIpc) is 3.13. The molecule has 0 saturated carbocycles. The van der Waals surface area contributed by atoms with Gasteiger partial charge >= 0.3 is 6.03 Å². The number of ether oxygens (including phenoxy) is 1. The molecule has 6 nitrogen and oxygen atoms in total. The van der Waals surface area contributed by atoms with Gasteiger partial charge in [0.1, 0.15) is 17.6 Å². The van der Waals surface area contributed by atoms with Crippen molar-refractivity contribution in [3.05, 3.63) is 83.4 Å². The van der Waals surface area contributed by atoms with Crippen LogP contribution in [0.4, 0.5) is 4.79 Å². The minimum atomic E-state index is -0.387. The van der Waals surface area contributed by atoms with Gasteiger partial charge in [0.2, 0.25) is 0 Å². The van der Waals surface area contributed by atoms with Crippen LogP contribution in [-0.2, 0) is 13.6 Å². The van der Waals surface area contributed by atoms with Crippen molar-refractivity contribution >= 4 is 6.03 Å². The van der Waals surface area contributed by atoms with Crippen LogP contribution in [0.1, 0.15) is 28.6 Å². The molecule has 0 aliphatic rings. The minimum Gasteiger partial charge on any atom is -0.497 e. The molecule has 0 aliphatic heterocycles. The summed E-state index contributed by atoms with van der Waals surface area (Å²) >= 11 is 0. The summed E-state index contributed by atoms with van der Waals surface area (Å²) < 4.78 is 7.26. The van der Waals surface area contributed by atoms with Crippen molar-refractivity contribution in [2.45, 2.75) is 19.5 Å². The van der Waals surface area contributed by atoms with Crippen molar-refractivity contribution in [3.63, 3.8) is 0 Å². The van der Waals surface area contributed by atoms with Gasteiger partial charge in [0.05, 0.1) is 7.11 Å². The Hall–Kier alpha value is -3.28. The maximum Gasteiger partial charge on any atom is 0.318 e. The highest BCUT2D eigenvalue weighted by atomic mass is 16.5. The van der Waals surface area contributed by atoms with E-state index in [4.69, 9.17) is 4.74 Å². The van der Waals surface area contributed by atoms with E-state index in [-0.39, 0.29) is 12.1 Å². The number of hydrogen-bond donors (Lipinski definition) is 1. The highest BCUT2D eigenvalue weighted by Crippen LogP contribution is 2.24. The number of hydrogen-bond acceptors (Lipinski definition) is 3. The lowest BCUT2D eigenvalue weighted by Gasteiger charge is -2.24. The highest BCUT2D eigenvalue weighted by Gasteiger charge is 2.23. The Balaban J connectivity index is 1.84. The Morgan fingerprint density at radius 2 is 2.04 bits per heavy atom. The number of aryl methyl sites for hydroxylation is 2. The Labute approximate surface area is 165 Å². The zero-order valence-corrected chi connectivity index (χ0v) is 16.7. The van der Waals surface area contributed by atoms with Gasteiger partial charge in [-0.1, -0.05) is 36.4 Å². The quantitative estimate of drug-likeness (QED) is 0.712. The summed E-state index contributed by atoms with van der Waals surface area (Å²) in [5, 5.41) is 3.12. The SMILES string of the molecule is COc1cccc(C(NC(=O)N(C)Cc2ccccc2C)c2nccn2C)c1. The number of carbonyl (C=O) groups excluding carboxylic acids is 1. The standard InChI is InChI=1S/C22H26N4O2/c1-16-8-5-6-9-18(16)15-26(3)22(27)24-20(21-23-12-13-25(21)2)17-10-7-11-19(14-17)28-4/h5-14,20H,15H2,1-4H3,(H,24,27). The summed E-state index contributed by atoms with van der Waals surface area (Å²) in [7, 11) is 5.34. The third kappa shape index (κ3) is 4.34. The molecular weight excluding hydrogens is 352 g/mol. The van der Waals surface area contributed by atoms with Crippen LogP contribution in [0.2, 0.25) is 0 Å². The molecule has 0 radical (unpaired) electrons. The fraction of sp³-hybridized carbons (Fsp3) is 0.273. The molecule has 1 heterocycles. The van der Waals surface area contributed by atoms with Crippen LogP contribution >= 0.6 is 0 Å². The van der Waals surface area contributed by atoms with Crippen LogP contribution in [0.15, 0.2) is 60.9 Å². The van der Waals surface area contributed by atoms with Gasteiger partial charge < -0.3 is 19.5 Å². The third-order valence-electron chi connectivity index (χ3n) is 4.83. The van der Waals surface area contributed by atoms with E-state index in [1.165, 1.54) is 0 Å². The summed E-state index contributed by atoms with van der Waals surface area (Å²) in [5.41, 5.74) is 3.19. The first-order chi connectivity index (χ1) is 13.5. The number of methoxy groups -OCH3 is 1. The molecule has 0 aliphatic carbocycles. The summed E-state index contributed by atoms with van der Waals surface area (Å²) in [4.78, 5) is 19.1. The van der Waals surface area contributed by atoms with E-state index in [1.54, 1.807) is 25.3 Å². The summed E-state index contributed by atoms with van der Waals surface area (Å²) in [5.74, 6) is 1.49. The molecule has 0 spiro atoms. The van der Waals surface area contributed by atoms with Gasteiger partial charge in [-0.25, -0.2) is 9.78 Å². The zero-order chi connectivity index (χ0) is 20.1. The van der Waals surface area contributed by atoms with Crippen molar-refractivity contribution in [2.24, 2.45) is 7.05 Å². The van der Waals surface area contributed by atoms with E-state index < -0.39 is 0 Å². The second kappa shape index (κ2) is 8.61. The van der Waals surface area contributed by atoms with Crippen LogP contribution in [0, 0.1) is 6.92 Å². The number of aromatic nitrogens is 2. The second-order valence-electron chi connectivity index (χ2n) is 6.84. The summed E-state index contributed by atoms with van der Waals surface area (Å²) in [6.45, 7) is 2.58. The Bertz CT molecular complexity index is 951. The van der Waals surface area contributed by atoms with Crippen molar-refractivity contribution in [1.82, 2.24) is 19.8 Å². The van der Waals surface area contributed by atoms with Gasteiger partial charge in [0, 0.05) is 33.0 Å². The third-order valence-corrected chi connectivity index (χ3v) is 4.83. The molecule has 1 atom stereocenters. The van der Waals surface area contributed by atoms with E-state index in [1.807, 2.05) is 73.3 Å². The first-order valence-corrected chi connectivity index (χ1v) is 9.17. The molecule has 0 fully saturated rings. The molecule has 1 N–H and O–H groups in total. The minimum absolute atomic E-state index is 0.168. The molecule has 0 saturated heterocycles. The molecule has 1 unspecified atom stereocenters. The molecule has 6 heteroatoms. The van der Waals surface area contributed by atoms with Crippen molar-refractivity contribution in [2.75, 3.05) is 14.2 Å². The number of benzene rings is 2. The lowest BCUT2D eigenvalue weighted by molar-refractivity contribution is 0.203. The van der Waals surface area contributed by atoms with Crippen LogP contribution in [0.5, 0.6) is 5.75 Å². The number of imidazole rings is 1. The Kier molecular flexibility index (Phi) is 5.99. The number of urea groups is 1. The highest BCUT2D eigenvalue weighted by molar-refractivity contribution is 5.75. The second-order valence-corrected chi connectivity index (χ2v) is 6.84. The molecule has 28 heavy (non-hydrogen) atoms. The zero-order valence-electron chi connectivity index (χ0n) is 16.7. The molecule has 3 aromatic rings. The molecule has 2 aromatic carbocycles. The first kappa shape index (κ1) is 19.5. The van der Waals surface area contributed by atoms with E-state index in [2.05, 4.69) is 10.3 Å². The topological polar surface area (TPSA) is 59.4 Å². The fourth-order valence-electron chi connectivity index (χ4n) is 3.12. The maximum absolute atomic E-state index is 12.9. The summed E-state index contributed by atoms with van der Waals surface area (Å²) in [6, 6.07) is 15.2. The summed E-state index contributed by atoms with van der Waals surface area (Å²) in [6.07, 6.45) is 3.59. The normalized spacial score (nSPS) is 11.7. The predicted octanol–water partition coefficient (Wildman–Crippen LogP) is 3.67.